The van der Waals surface area contributed by atoms with Gasteiger partial charge in [-0.3, -0.25) is 4.98 Å². The van der Waals surface area contributed by atoms with E-state index in [4.69, 9.17) is 4.42 Å². The number of hydrogen-bond donors (Lipinski definition) is 1. The van der Waals surface area contributed by atoms with Gasteiger partial charge in [0, 0.05) is 29.4 Å². The lowest BCUT2D eigenvalue weighted by molar-refractivity contribution is 0.431. The Labute approximate surface area is 120 Å². The molecule has 3 rings (SSSR count). The van der Waals surface area contributed by atoms with Gasteiger partial charge in [-0.25, -0.2) is 0 Å². The van der Waals surface area contributed by atoms with Gasteiger partial charge in [-0.2, -0.15) is 0 Å². The van der Waals surface area contributed by atoms with Crippen molar-refractivity contribution in [3.8, 4) is 0 Å². The maximum absolute atomic E-state index is 5.51. The Balaban J connectivity index is 1.90. The number of fused-ring (bicyclic) bond motifs is 1. The number of pyridine rings is 1. The first kappa shape index (κ1) is 13.4. The lowest BCUT2D eigenvalue weighted by Crippen LogP contribution is -2.27. The molecule has 0 spiro atoms. The Morgan fingerprint density at radius 2 is 2.40 bits per heavy atom. The van der Waals surface area contributed by atoms with Crippen LogP contribution < -0.4 is 5.32 Å². The van der Waals surface area contributed by atoms with E-state index in [9.17, 15) is 0 Å². The molecule has 1 aliphatic rings. The third-order valence-corrected chi connectivity index (χ3v) is 4.13. The van der Waals surface area contributed by atoms with E-state index in [1.165, 1.54) is 16.8 Å². The second kappa shape index (κ2) is 5.80. The fraction of sp³-hybridized carbons (Fsp3) is 0.471. The van der Waals surface area contributed by atoms with Crippen molar-refractivity contribution in [2.75, 3.05) is 6.54 Å². The minimum atomic E-state index is 0.309. The number of aryl methyl sites for hydroxylation is 2. The molecule has 2 atom stereocenters. The lowest BCUT2D eigenvalue weighted by Gasteiger charge is -2.24. The van der Waals surface area contributed by atoms with Crippen LogP contribution in [0, 0.1) is 6.92 Å². The third-order valence-electron chi connectivity index (χ3n) is 4.13. The molecule has 2 unspecified atom stereocenters. The first-order valence-electron chi connectivity index (χ1n) is 7.51. The molecule has 1 N–H and O–H groups in total. The Bertz CT molecular complexity index is 576. The third kappa shape index (κ3) is 2.50. The topological polar surface area (TPSA) is 38.1 Å². The van der Waals surface area contributed by atoms with E-state index in [-0.39, 0.29) is 0 Å². The smallest absolute Gasteiger partial charge is 0.101 e. The van der Waals surface area contributed by atoms with Crippen LogP contribution in [-0.4, -0.2) is 11.5 Å². The maximum atomic E-state index is 5.51. The molecule has 0 saturated carbocycles. The van der Waals surface area contributed by atoms with Gasteiger partial charge in [0.1, 0.15) is 5.76 Å². The van der Waals surface area contributed by atoms with Crippen LogP contribution in [0.2, 0.25) is 0 Å². The Hall–Kier alpha value is -1.61. The monoisotopic (exact) mass is 270 g/mol. The van der Waals surface area contributed by atoms with Crippen molar-refractivity contribution in [1.82, 2.24) is 10.3 Å². The van der Waals surface area contributed by atoms with Gasteiger partial charge in [0.25, 0.3) is 0 Å². The normalized spacial score (nSPS) is 19.0. The summed E-state index contributed by atoms with van der Waals surface area (Å²) >= 11 is 0. The number of rotatable bonds is 5. The van der Waals surface area contributed by atoms with Crippen molar-refractivity contribution in [2.24, 2.45) is 0 Å². The zero-order valence-corrected chi connectivity index (χ0v) is 12.2. The molecule has 0 amide bonds. The van der Waals surface area contributed by atoms with Gasteiger partial charge >= 0.3 is 0 Å². The van der Waals surface area contributed by atoms with Crippen LogP contribution >= 0.6 is 0 Å². The van der Waals surface area contributed by atoms with Crippen molar-refractivity contribution < 1.29 is 4.42 Å². The van der Waals surface area contributed by atoms with Crippen LogP contribution in [0.25, 0.3) is 0 Å². The number of nitrogens with one attached hydrogen (secondary N) is 1. The van der Waals surface area contributed by atoms with Crippen LogP contribution in [0.15, 0.2) is 35.1 Å². The number of hydrogen-bond acceptors (Lipinski definition) is 3. The number of aromatic nitrogens is 1. The van der Waals surface area contributed by atoms with E-state index in [0.717, 1.165) is 31.6 Å². The molecule has 0 aromatic carbocycles. The summed E-state index contributed by atoms with van der Waals surface area (Å²) < 4.78 is 5.51. The van der Waals surface area contributed by atoms with E-state index in [1.54, 1.807) is 0 Å². The molecule has 2 aromatic heterocycles. The second-order valence-corrected chi connectivity index (χ2v) is 5.62. The van der Waals surface area contributed by atoms with Gasteiger partial charge in [0.05, 0.1) is 6.26 Å². The lowest BCUT2D eigenvalue weighted by atomic mass is 9.92. The van der Waals surface area contributed by atoms with Crippen molar-refractivity contribution in [3.05, 3.63) is 53.2 Å². The highest BCUT2D eigenvalue weighted by molar-refractivity contribution is 5.33. The molecule has 0 aliphatic heterocycles. The Kier molecular flexibility index (Phi) is 3.88. The Morgan fingerprint density at radius 1 is 1.50 bits per heavy atom. The van der Waals surface area contributed by atoms with Crippen LogP contribution in [0.5, 0.6) is 0 Å². The van der Waals surface area contributed by atoms with Gasteiger partial charge < -0.3 is 9.73 Å². The first-order chi connectivity index (χ1) is 9.79. The zero-order chi connectivity index (χ0) is 13.9. The van der Waals surface area contributed by atoms with Gasteiger partial charge in [0.15, 0.2) is 0 Å². The number of furan rings is 1. The second-order valence-electron chi connectivity index (χ2n) is 5.62. The van der Waals surface area contributed by atoms with Crippen molar-refractivity contribution in [3.63, 3.8) is 0 Å². The highest BCUT2D eigenvalue weighted by atomic mass is 16.3. The minimum Gasteiger partial charge on any atom is -0.469 e. The molecule has 1 aliphatic carbocycles. The average molecular weight is 270 g/mol. The summed E-state index contributed by atoms with van der Waals surface area (Å²) in [4.78, 5) is 4.63. The van der Waals surface area contributed by atoms with E-state index in [1.807, 2.05) is 25.5 Å². The van der Waals surface area contributed by atoms with E-state index in [0.29, 0.717) is 12.0 Å². The molecule has 20 heavy (non-hydrogen) atoms. The van der Waals surface area contributed by atoms with E-state index >= 15 is 0 Å². The van der Waals surface area contributed by atoms with Gasteiger partial charge in [-0.1, -0.05) is 13.0 Å². The summed E-state index contributed by atoms with van der Waals surface area (Å²) in [6, 6.07) is 6.70. The molecule has 0 bridgehead atoms. The van der Waals surface area contributed by atoms with Crippen molar-refractivity contribution in [1.29, 1.82) is 0 Å². The molecule has 3 nitrogen and oxygen atoms in total. The summed E-state index contributed by atoms with van der Waals surface area (Å²) in [5.41, 5.74) is 3.92. The quantitative estimate of drug-likeness (QED) is 0.899. The van der Waals surface area contributed by atoms with Crippen molar-refractivity contribution >= 4 is 0 Å². The fourth-order valence-corrected chi connectivity index (χ4v) is 3.19. The van der Waals surface area contributed by atoms with Gasteiger partial charge in [-0.15, -0.1) is 0 Å². The number of nitrogens with zero attached hydrogens (tertiary/aromatic N) is 1. The molecule has 3 heteroatoms. The van der Waals surface area contributed by atoms with Crippen LogP contribution in [0.3, 0.4) is 0 Å². The summed E-state index contributed by atoms with van der Waals surface area (Å²) in [5, 5.41) is 3.68. The maximum Gasteiger partial charge on any atom is 0.101 e. The predicted molar refractivity (Wildman–Crippen MR) is 79.8 cm³/mol. The molecule has 2 aromatic rings. The molecular weight excluding hydrogens is 248 g/mol. The van der Waals surface area contributed by atoms with Crippen LogP contribution in [0.4, 0.5) is 0 Å². The van der Waals surface area contributed by atoms with E-state index < -0.39 is 0 Å². The summed E-state index contributed by atoms with van der Waals surface area (Å²) in [7, 11) is 0. The van der Waals surface area contributed by atoms with Crippen LogP contribution in [0.1, 0.15) is 54.3 Å². The Morgan fingerprint density at radius 3 is 3.15 bits per heavy atom. The molecule has 0 fully saturated rings. The zero-order valence-electron chi connectivity index (χ0n) is 12.2. The molecule has 2 heterocycles. The fourth-order valence-electron chi connectivity index (χ4n) is 3.19. The van der Waals surface area contributed by atoms with Crippen molar-refractivity contribution in [2.45, 2.75) is 45.1 Å². The summed E-state index contributed by atoms with van der Waals surface area (Å²) in [5.74, 6) is 1.43. The highest BCUT2D eigenvalue weighted by Gasteiger charge is 2.32. The predicted octanol–water partition coefficient (Wildman–Crippen LogP) is 3.75. The van der Waals surface area contributed by atoms with Gasteiger partial charge in [-0.05, 0) is 50.4 Å². The summed E-state index contributed by atoms with van der Waals surface area (Å²) in [6.45, 7) is 5.22. The molecule has 106 valence electrons. The largest absolute Gasteiger partial charge is 0.469 e. The van der Waals surface area contributed by atoms with Gasteiger partial charge in [0.2, 0.25) is 0 Å². The average Bonchev–Trinajstić information content (AvgIpc) is 3.07. The highest BCUT2D eigenvalue weighted by Crippen LogP contribution is 2.40. The standard InChI is InChI=1S/C17H22N2O/c1-3-8-18-17(14-10-12(2)20-11-14)15-7-6-13-5-4-9-19-16(13)15/h4-5,9-11,15,17-18H,3,6-8H2,1-2H3. The summed E-state index contributed by atoms with van der Waals surface area (Å²) in [6.07, 6.45) is 7.24. The SMILES string of the molecule is CCCNC(c1coc(C)c1)C1CCc2cccnc21. The molecule has 0 saturated heterocycles. The molecule has 0 radical (unpaired) electrons. The van der Waals surface area contributed by atoms with E-state index in [2.05, 4.69) is 29.4 Å². The molecular formula is C17H22N2O. The minimum absolute atomic E-state index is 0.309. The van der Waals surface area contributed by atoms with Crippen LogP contribution in [-0.2, 0) is 6.42 Å². The first-order valence-corrected chi connectivity index (χ1v) is 7.51.